The van der Waals surface area contributed by atoms with Crippen molar-refractivity contribution in [1.29, 1.82) is 0 Å². The molecule has 2 aromatic rings. The fourth-order valence-corrected chi connectivity index (χ4v) is 3.91. The van der Waals surface area contributed by atoms with E-state index in [0.29, 0.717) is 16.9 Å². The Bertz CT molecular complexity index is 1160. The van der Waals surface area contributed by atoms with Crippen LogP contribution in [0.1, 0.15) is 25.0 Å². The summed E-state index contributed by atoms with van der Waals surface area (Å²) >= 11 is 0. The van der Waals surface area contributed by atoms with Gasteiger partial charge in [0.2, 0.25) is 11.8 Å². The smallest absolute Gasteiger partial charge is 0.351 e. The molecule has 2 bridgehead atoms. The molecule has 2 aliphatic rings. The van der Waals surface area contributed by atoms with Crippen LogP contribution in [-0.4, -0.2) is 66.0 Å². The Morgan fingerprint density at radius 3 is 2.36 bits per heavy atom. The van der Waals surface area contributed by atoms with Gasteiger partial charge in [0.05, 0.1) is 12.6 Å². The number of ether oxygens (including phenoxy) is 1. The number of benzene rings is 2. The van der Waals surface area contributed by atoms with E-state index in [1.165, 1.54) is 24.3 Å². The molecule has 5 N–H and O–H groups in total. The van der Waals surface area contributed by atoms with Gasteiger partial charge in [0.15, 0.2) is 6.61 Å². The maximum atomic E-state index is 15.2. The van der Waals surface area contributed by atoms with Crippen molar-refractivity contribution in [1.82, 2.24) is 21.3 Å². The van der Waals surface area contributed by atoms with Gasteiger partial charge in [-0.15, -0.1) is 0 Å². The lowest BCUT2D eigenvalue weighted by Gasteiger charge is -2.32. The second-order valence-corrected chi connectivity index (χ2v) is 9.55. The van der Waals surface area contributed by atoms with E-state index in [-0.39, 0.29) is 19.6 Å². The van der Waals surface area contributed by atoms with E-state index in [0.717, 1.165) is 0 Å². The first-order valence-electron chi connectivity index (χ1n) is 12.4. The van der Waals surface area contributed by atoms with Crippen molar-refractivity contribution < 1.29 is 37.8 Å². The van der Waals surface area contributed by atoms with Gasteiger partial charge in [0.25, 0.3) is 11.8 Å². The number of amides is 4. The lowest BCUT2D eigenvalue weighted by Crippen LogP contribution is -2.61. The Kier molecular flexibility index (Phi) is 9.94. The van der Waals surface area contributed by atoms with E-state index in [9.17, 15) is 24.3 Å². The lowest BCUT2D eigenvalue weighted by atomic mass is 9.95. The van der Waals surface area contributed by atoms with Gasteiger partial charge >= 0.3 is 5.92 Å². The Hall–Kier alpha value is -4.06. The van der Waals surface area contributed by atoms with Crippen molar-refractivity contribution in [3.05, 3.63) is 65.7 Å². The zero-order valence-corrected chi connectivity index (χ0v) is 21.6. The SMILES string of the molecule is CC(C)[C@@H]1NC(=O)CNC(=O)COc2ccc(cc2)C[C@@H]([C@@H](O)C(F)(F)C(=O)NCc2ccccc2)NC1=O. The Balaban J connectivity index is 1.87. The summed E-state index contributed by atoms with van der Waals surface area (Å²) in [6.07, 6.45) is -2.87. The Labute approximate surface area is 224 Å². The molecule has 0 radical (unpaired) electrons. The van der Waals surface area contributed by atoms with Crippen molar-refractivity contribution >= 4 is 23.6 Å². The molecule has 0 saturated heterocycles. The zero-order valence-electron chi connectivity index (χ0n) is 21.6. The van der Waals surface area contributed by atoms with Gasteiger partial charge in [-0.2, -0.15) is 8.78 Å². The van der Waals surface area contributed by atoms with Crippen LogP contribution in [0.25, 0.3) is 0 Å². The third-order valence-electron chi connectivity index (χ3n) is 6.14. The number of aliphatic hydroxyl groups excluding tert-OH is 1. The minimum Gasteiger partial charge on any atom is -0.484 e. The van der Waals surface area contributed by atoms with Gasteiger partial charge in [-0.1, -0.05) is 56.3 Å². The molecule has 3 atom stereocenters. The van der Waals surface area contributed by atoms with Gasteiger partial charge < -0.3 is 31.1 Å². The zero-order chi connectivity index (χ0) is 28.6. The van der Waals surface area contributed by atoms with Gasteiger partial charge in [-0.25, -0.2) is 0 Å². The quantitative estimate of drug-likeness (QED) is 0.337. The van der Waals surface area contributed by atoms with E-state index < -0.39 is 60.2 Å². The standard InChI is InChI=1S/C27H32F2N4O6/c1-16(2)23-25(37)32-20(24(36)27(28,29)26(38)31-13-18-6-4-3-5-7-18)12-17-8-10-19(11-9-17)39-15-22(35)30-14-21(34)33-23/h3-11,16,20,23-24,36H,12-15H2,1-2H3,(H,30,35)(H,31,38)(H,32,37)(H,33,34)/t20-,23-,24+/m0/s1. The van der Waals surface area contributed by atoms with Crippen LogP contribution in [0.3, 0.4) is 0 Å². The van der Waals surface area contributed by atoms with Crippen LogP contribution < -0.4 is 26.0 Å². The van der Waals surface area contributed by atoms with Crippen LogP contribution in [-0.2, 0) is 32.1 Å². The molecule has 10 nitrogen and oxygen atoms in total. The van der Waals surface area contributed by atoms with E-state index >= 15 is 8.78 Å². The predicted molar refractivity (Wildman–Crippen MR) is 137 cm³/mol. The van der Waals surface area contributed by atoms with Crippen molar-refractivity contribution in [2.75, 3.05) is 13.2 Å². The molecule has 2 aliphatic heterocycles. The molecule has 0 saturated carbocycles. The molecule has 4 amide bonds. The average molecular weight is 547 g/mol. The highest BCUT2D eigenvalue weighted by atomic mass is 19.3. The molecule has 0 fully saturated rings. The van der Waals surface area contributed by atoms with Crippen LogP contribution in [0.5, 0.6) is 5.75 Å². The first-order chi connectivity index (χ1) is 18.5. The number of alkyl halides is 2. The number of nitrogens with one attached hydrogen (secondary N) is 4. The molecular weight excluding hydrogens is 514 g/mol. The van der Waals surface area contributed by atoms with Crippen molar-refractivity contribution in [3.8, 4) is 5.75 Å². The number of halogens is 2. The van der Waals surface area contributed by atoms with Crippen LogP contribution >= 0.6 is 0 Å². The normalized spacial score (nSPS) is 19.9. The van der Waals surface area contributed by atoms with Crippen molar-refractivity contribution in [2.45, 2.75) is 50.9 Å². The minimum absolute atomic E-state index is 0.182. The highest BCUT2D eigenvalue weighted by molar-refractivity contribution is 5.91. The van der Waals surface area contributed by atoms with Gasteiger partial charge in [0.1, 0.15) is 17.9 Å². The molecule has 0 aromatic heterocycles. The van der Waals surface area contributed by atoms with Gasteiger partial charge in [-0.05, 0) is 35.6 Å². The summed E-state index contributed by atoms with van der Waals surface area (Å²) in [5.74, 6) is -8.21. The molecule has 4 rings (SSSR count). The summed E-state index contributed by atoms with van der Waals surface area (Å²) in [5.41, 5.74) is 1.03. The second kappa shape index (κ2) is 13.1. The van der Waals surface area contributed by atoms with Crippen LogP contribution in [0.15, 0.2) is 54.6 Å². The van der Waals surface area contributed by atoms with E-state index in [1.54, 1.807) is 44.2 Å². The number of aliphatic hydroxyl groups is 1. The molecule has 0 aliphatic carbocycles. The molecule has 210 valence electrons. The summed E-state index contributed by atoms with van der Waals surface area (Å²) in [4.78, 5) is 49.9. The molecule has 2 aromatic carbocycles. The minimum atomic E-state index is -4.27. The third kappa shape index (κ3) is 8.21. The molecular formula is C27H32F2N4O6. The topological polar surface area (TPSA) is 146 Å². The number of fused-ring (bicyclic) bond motifs is 13. The largest absolute Gasteiger partial charge is 0.484 e. The first kappa shape index (κ1) is 29.5. The number of rotatable bonds is 6. The van der Waals surface area contributed by atoms with E-state index in [4.69, 9.17) is 4.74 Å². The molecule has 0 unspecified atom stereocenters. The number of hydrogen-bond donors (Lipinski definition) is 5. The van der Waals surface area contributed by atoms with Crippen LogP contribution in [0.4, 0.5) is 8.78 Å². The van der Waals surface area contributed by atoms with E-state index in [2.05, 4.69) is 21.3 Å². The van der Waals surface area contributed by atoms with Crippen molar-refractivity contribution in [2.24, 2.45) is 5.92 Å². The average Bonchev–Trinajstić information content (AvgIpc) is 2.92. The fourth-order valence-electron chi connectivity index (χ4n) is 3.91. The number of hydrogen-bond acceptors (Lipinski definition) is 6. The summed E-state index contributed by atoms with van der Waals surface area (Å²) in [7, 11) is 0. The Morgan fingerprint density at radius 2 is 1.72 bits per heavy atom. The molecule has 39 heavy (non-hydrogen) atoms. The summed E-state index contributed by atoms with van der Waals surface area (Å²) < 4.78 is 35.8. The van der Waals surface area contributed by atoms with E-state index in [1.807, 2.05) is 0 Å². The van der Waals surface area contributed by atoms with Crippen LogP contribution in [0, 0.1) is 5.92 Å². The third-order valence-corrected chi connectivity index (χ3v) is 6.14. The first-order valence-corrected chi connectivity index (χ1v) is 12.4. The van der Waals surface area contributed by atoms with Gasteiger partial charge in [0, 0.05) is 6.54 Å². The maximum Gasteiger partial charge on any atom is 0.351 e. The van der Waals surface area contributed by atoms with Gasteiger partial charge in [-0.3, -0.25) is 19.2 Å². The summed E-state index contributed by atoms with van der Waals surface area (Å²) in [6.45, 7) is 2.27. The molecule has 12 heteroatoms. The van der Waals surface area contributed by atoms with Crippen LogP contribution in [0.2, 0.25) is 0 Å². The monoisotopic (exact) mass is 546 g/mol. The van der Waals surface area contributed by atoms with Crippen molar-refractivity contribution in [3.63, 3.8) is 0 Å². The number of carbonyl (C=O) groups excluding carboxylic acids is 4. The second-order valence-electron chi connectivity index (χ2n) is 9.55. The predicted octanol–water partition coefficient (Wildman–Crippen LogP) is 0.676. The fraction of sp³-hybridized carbons (Fsp3) is 0.407. The number of carbonyl (C=O) groups is 4. The molecule has 2 heterocycles. The Morgan fingerprint density at radius 1 is 1.05 bits per heavy atom. The highest BCUT2D eigenvalue weighted by Crippen LogP contribution is 2.25. The lowest BCUT2D eigenvalue weighted by molar-refractivity contribution is -0.168. The summed E-state index contributed by atoms with van der Waals surface area (Å²) in [6, 6.07) is 11.7. The summed E-state index contributed by atoms with van der Waals surface area (Å²) in [5, 5.41) is 20.1. The highest BCUT2D eigenvalue weighted by Gasteiger charge is 2.50. The molecule has 0 spiro atoms. The maximum absolute atomic E-state index is 15.2.